The van der Waals surface area contributed by atoms with Crippen LogP contribution in [0, 0.1) is 6.92 Å². The molecule has 4 rings (SSSR count). The number of nitrogens with zero attached hydrogens (tertiary/aromatic N) is 7. The van der Waals surface area contributed by atoms with Crippen molar-refractivity contribution < 1.29 is 4.79 Å². The smallest absolute Gasteiger partial charge is 0.222 e. The molecule has 1 aliphatic rings. The first-order chi connectivity index (χ1) is 13.2. The molecule has 0 atom stereocenters. The van der Waals surface area contributed by atoms with Gasteiger partial charge in [-0.15, -0.1) is 11.3 Å². The lowest BCUT2D eigenvalue weighted by atomic mass is 10.2. The summed E-state index contributed by atoms with van der Waals surface area (Å²) in [5.74, 6) is 2.01. The van der Waals surface area contributed by atoms with Gasteiger partial charge < -0.3 is 9.80 Å². The standard InChI is InChI=1S/C18H23N7OS/c1-14-21-17(15-5-11-27-18(15)22-14)24-7-3-6-23(9-10-24)16(26)4-2-8-25-13-19-12-20-25/h5,11-13H,2-4,6-10H2,1H3. The third-order valence-corrected chi connectivity index (χ3v) is 5.62. The molecule has 1 saturated heterocycles. The number of rotatable bonds is 5. The Bertz CT molecular complexity index is 908. The molecular weight excluding hydrogens is 362 g/mol. The van der Waals surface area contributed by atoms with Gasteiger partial charge in [-0.1, -0.05) is 0 Å². The summed E-state index contributed by atoms with van der Waals surface area (Å²) in [4.78, 5) is 31.0. The van der Waals surface area contributed by atoms with Crippen LogP contribution in [-0.4, -0.2) is 61.7 Å². The van der Waals surface area contributed by atoms with Gasteiger partial charge in [-0.25, -0.2) is 15.0 Å². The summed E-state index contributed by atoms with van der Waals surface area (Å²) < 4.78 is 1.76. The molecular formula is C18H23N7OS. The maximum Gasteiger partial charge on any atom is 0.222 e. The molecule has 0 N–H and O–H groups in total. The number of hydrogen-bond donors (Lipinski definition) is 0. The molecule has 27 heavy (non-hydrogen) atoms. The Kier molecular flexibility index (Phi) is 5.28. The van der Waals surface area contributed by atoms with Crippen molar-refractivity contribution >= 4 is 33.3 Å². The van der Waals surface area contributed by atoms with Gasteiger partial charge in [0.2, 0.25) is 5.91 Å². The predicted octanol–water partition coefficient (Wildman–Crippen LogP) is 2.11. The number of thiophene rings is 1. The molecule has 1 amide bonds. The Hall–Kier alpha value is -2.55. The Morgan fingerprint density at radius 2 is 2.15 bits per heavy atom. The second-order valence-electron chi connectivity index (χ2n) is 6.72. The molecule has 0 aromatic carbocycles. The van der Waals surface area contributed by atoms with E-state index >= 15 is 0 Å². The van der Waals surface area contributed by atoms with Crippen molar-refractivity contribution in [2.75, 3.05) is 31.1 Å². The van der Waals surface area contributed by atoms with Crippen LogP contribution in [0.5, 0.6) is 0 Å². The number of fused-ring (bicyclic) bond motifs is 1. The van der Waals surface area contributed by atoms with E-state index < -0.39 is 0 Å². The Morgan fingerprint density at radius 3 is 3.00 bits per heavy atom. The highest BCUT2D eigenvalue weighted by Gasteiger charge is 2.21. The van der Waals surface area contributed by atoms with Crippen LogP contribution < -0.4 is 4.90 Å². The van der Waals surface area contributed by atoms with Gasteiger partial charge in [-0.3, -0.25) is 9.48 Å². The molecule has 0 saturated carbocycles. The molecule has 0 aliphatic carbocycles. The van der Waals surface area contributed by atoms with Gasteiger partial charge in [0.05, 0.1) is 5.39 Å². The van der Waals surface area contributed by atoms with Gasteiger partial charge in [-0.2, -0.15) is 5.10 Å². The molecule has 3 aromatic rings. The third kappa shape index (κ3) is 4.08. The van der Waals surface area contributed by atoms with Crippen molar-refractivity contribution in [3.63, 3.8) is 0 Å². The minimum absolute atomic E-state index is 0.219. The predicted molar refractivity (Wildman–Crippen MR) is 105 cm³/mol. The maximum absolute atomic E-state index is 12.6. The van der Waals surface area contributed by atoms with E-state index in [1.165, 1.54) is 6.33 Å². The lowest BCUT2D eigenvalue weighted by Crippen LogP contribution is -2.35. The Morgan fingerprint density at radius 1 is 1.22 bits per heavy atom. The lowest BCUT2D eigenvalue weighted by molar-refractivity contribution is -0.131. The van der Waals surface area contributed by atoms with Crippen molar-refractivity contribution in [2.24, 2.45) is 0 Å². The van der Waals surface area contributed by atoms with E-state index in [2.05, 4.69) is 36.4 Å². The summed E-state index contributed by atoms with van der Waals surface area (Å²) in [5.41, 5.74) is 0. The van der Waals surface area contributed by atoms with E-state index in [0.717, 1.165) is 67.4 Å². The summed E-state index contributed by atoms with van der Waals surface area (Å²) in [6, 6.07) is 2.09. The van der Waals surface area contributed by atoms with Crippen LogP contribution in [0.2, 0.25) is 0 Å². The number of carbonyl (C=O) groups is 1. The molecule has 0 bridgehead atoms. The van der Waals surface area contributed by atoms with E-state index in [1.807, 2.05) is 11.8 Å². The van der Waals surface area contributed by atoms with Gasteiger partial charge >= 0.3 is 0 Å². The third-order valence-electron chi connectivity index (χ3n) is 4.81. The maximum atomic E-state index is 12.6. The van der Waals surface area contributed by atoms with Crippen molar-refractivity contribution in [1.82, 2.24) is 29.6 Å². The highest BCUT2D eigenvalue weighted by Crippen LogP contribution is 2.28. The van der Waals surface area contributed by atoms with E-state index in [9.17, 15) is 4.79 Å². The molecule has 0 radical (unpaired) electrons. The average molecular weight is 385 g/mol. The fraction of sp³-hybridized carbons (Fsp3) is 0.500. The quantitative estimate of drug-likeness (QED) is 0.669. The minimum atomic E-state index is 0.219. The van der Waals surface area contributed by atoms with E-state index in [4.69, 9.17) is 0 Å². The topological polar surface area (TPSA) is 80.0 Å². The summed E-state index contributed by atoms with van der Waals surface area (Å²) in [5, 5.41) is 7.24. The molecule has 142 valence electrons. The highest BCUT2D eigenvalue weighted by molar-refractivity contribution is 7.16. The zero-order valence-electron chi connectivity index (χ0n) is 15.4. The average Bonchev–Trinajstić information content (AvgIpc) is 3.27. The van der Waals surface area contributed by atoms with Gasteiger partial charge in [0.25, 0.3) is 0 Å². The second-order valence-corrected chi connectivity index (χ2v) is 7.61. The number of carbonyl (C=O) groups excluding carboxylic acids is 1. The van der Waals surface area contributed by atoms with Gasteiger partial charge in [0, 0.05) is 39.1 Å². The van der Waals surface area contributed by atoms with Crippen LogP contribution in [0.15, 0.2) is 24.1 Å². The summed E-state index contributed by atoms with van der Waals surface area (Å²) in [6.07, 6.45) is 5.47. The minimum Gasteiger partial charge on any atom is -0.354 e. The fourth-order valence-corrected chi connectivity index (χ4v) is 4.27. The normalized spacial score (nSPS) is 15.3. The summed E-state index contributed by atoms with van der Waals surface area (Å²) >= 11 is 1.64. The van der Waals surface area contributed by atoms with Crippen LogP contribution in [0.25, 0.3) is 10.2 Å². The number of anilines is 1. The molecule has 0 unspecified atom stereocenters. The van der Waals surface area contributed by atoms with Crippen molar-refractivity contribution in [3.05, 3.63) is 29.9 Å². The van der Waals surface area contributed by atoms with Crippen molar-refractivity contribution in [2.45, 2.75) is 32.7 Å². The highest BCUT2D eigenvalue weighted by atomic mass is 32.1. The van der Waals surface area contributed by atoms with Crippen LogP contribution in [-0.2, 0) is 11.3 Å². The number of aromatic nitrogens is 5. The number of hydrogen-bond acceptors (Lipinski definition) is 7. The van der Waals surface area contributed by atoms with Crippen LogP contribution in [0.4, 0.5) is 5.82 Å². The fourth-order valence-electron chi connectivity index (χ4n) is 3.46. The Balaban J connectivity index is 1.37. The van der Waals surface area contributed by atoms with Crippen LogP contribution in [0.1, 0.15) is 25.1 Å². The number of aryl methyl sites for hydroxylation is 2. The second kappa shape index (κ2) is 7.99. The van der Waals surface area contributed by atoms with Gasteiger partial charge in [-0.05, 0) is 31.2 Å². The Labute approximate surface area is 161 Å². The van der Waals surface area contributed by atoms with Crippen molar-refractivity contribution in [1.29, 1.82) is 0 Å². The van der Waals surface area contributed by atoms with Crippen LogP contribution in [0.3, 0.4) is 0 Å². The summed E-state index contributed by atoms with van der Waals surface area (Å²) in [6.45, 7) is 5.90. The summed E-state index contributed by atoms with van der Waals surface area (Å²) in [7, 11) is 0. The largest absolute Gasteiger partial charge is 0.354 e. The molecule has 1 fully saturated rings. The van der Waals surface area contributed by atoms with E-state index in [1.54, 1.807) is 22.3 Å². The molecule has 3 aromatic heterocycles. The lowest BCUT2D eigenvalue weighted by Gasteiger charge is -2.23. The van der Waals surface area contributed by atoms with Crippen molar-refractivity contribution in [3.8, 4) is 0 Å². The van der Waals surface area contributed by atoms with Gasteiger partial charge in [0.15, 0.2) is 0 Å². The molecule has 8 nitrogen and oxygen atoms in total. The first kappa shape index (κ1) is 17.8. The number of amides is 1. The first-order valence-electron chi connectivity index (χ1n) is 9.28. The van der Waals surface area contributed by atoms with E-state index in [-0.39, 0.29) is 5.91 Å². The van der Waals surface area contributed by atoms with Crippen LogP contribution >= 0.6 is 11.3 Å². The monoisotopic (exact) mass is 385 g/mol. The molecule has 9 heteroatoms. The molecule has 1 aliphatic heterocycles. The SMILES string of the molecule is Cc1nc(N2CCCN(C(=O)CCCn3cncn3)CC2)c2ccsc2n1. The zero-order chi connectivity index (χ0) is 18.6. The molecule has 4 heterocycles. The van der Waals surface area contributed by atoms with E-state index in [0.29, 0.717) is 6.42 Å². The van der Waals surface area contributed by atoms with Gasteiger partial charge in [0.1, 0.15) is 29.1 Å². The molecule has 0 spiro atoms. The zero-order valence-corrected chi connectivity index (χ0v) is 16.2. The first-order valence-corrected chi connectivity index (χ1v) is 10.2.